The van der Waals surface area contributed by atoms with Gasteiger partial charge in [0.15, 0.2) is 0 Å². The zero-order chi connectivity index (χ0) is 25.7. The molecule has 4 aromatic rings. The number of rotatable bonds is 1. The highest BCUT2D eigenvalue weighted by Crippen LogP contribution is 2.57. The van der Waals surface area contributed by atoms with Crippen LogP contribution in [0.4, 0.5) is 0 Å². The lowest BCUT2D eigenvalue weighted by Gasteiger charge is -2.41. The number of hydrogen-bond acceptors (Lipinski definition) is 2. The second-order valence-corrected chi connectivity index (χ2v) is 11.5. The molecule has 0 bridgehead atoms. The van der Waals surface area contributed by atoms with Crippen molar-refractivity contribution in [3.63, 3.8) is 0 Å². The number of aliphatic hydroxyl groups excluding tert-OH is 2. The molecule has 1 spiro atoms. The summed E-state index contributed by atoms with van der Waals surface area (Å²) >= 11 is 0. The normalized spacial score (nSPS) is 24.5. The van der Waals surface area contributed by atoms with Gasteiger partial charge in [-0.2, -0.15) is 0 Å². The van der Waals surface area contributed by atoms with Crippen LogP contribution in [0.1, 0.15) is 52.6 Å². The van der Waals surface area contributed by atoms with Gasteiger partial charge in [0.1, 0.15) is 0 Å². The van der Waals surface area contributed by atoms with Gasteiger partial charge in [0.2, 0.25) is 0 Å². The van der Waals surface area contributed by atoms with Crippen LogP contribution in [0.5, 0.6) is 0 Å². The monoisotopic (exact) mass is 482 g/mol. The molecule has 3 aliphatic carbocycles. The Morgan fingerprint density at radius 2 is 1.00 bits per heavy atom. The number of fused-ring (bicyclic) bond motifs is 8. The van der Waals surface area contributed by atoms with Gasteiger partial charge in [-0.1, -0.05) is 71.8 Å². The van der Waals surface area contributed by atoms with E-state index in [1.807, 2.05) is 0 Å². The first-order valence-corrected chi connectivity index (χ1v) is 13.1. The van der Waals surface area contributed by atoms with Crippen LogP contribution in [0.3, 0.4) is 0 Å². The van der Waals surface area contributed by atoms with E-state index in [0.29, 0.717) is 19.3 Å². The zero-order valence-corrected chi connectivity index (χ0v) is 21.3. The van der Waals surface area contributed by atoms with Gasteiger partial charge in [0.25, 0.3) is 0 Å². The van der Waals surface area contributed by atoms with Crippen molar-refractivity contribution in [2.75, 3.05) is 0 Å². The van der Waals surface area contributed by atoms with E-state index in [9.17, 15) is 10.2 Å². The minimum absolute atomic E-state index is 0.403. The van der Waals surface area contributed by atoms with Gasteiger partial charge in [-0.25, -0.2) is 0 Å². The zero-order valence-electron chi connectivity index (χ0n) is 21.3. The van der Waals surface area contributed by atoms with E-state index in [1.54, 1.807) is 0 Å². The van der Waals surface area contributed by atoms with Crippen LogP contribution in [-0.4, -0.2) is 22.4 Å². The van der Waals surface area contributed by atoms with Gasteiger partial charge in [0, 0.05) is 10.8 Å². The predicted octanol–water partition coefficient (Wildman–Crippen LogP) is 6.83. The quantitative estimate of drug-likeness (QED) is 0.312. The van der Waals surface area contributed by atoms with E-state index < -0.39 is 23.0 Å². The fraction of sp³-hybridized carbons (Fsp3) is 0.257. The van der Waals surface area contributed by atoms with Gasteiger partial charge < -0.3 is 10.2 Å². The average Bonchev–Trinajstić information content (AvgIpc) is 3.23. The Balaban J connectivity index is 1.39. The maximum absolute atomic E-state index is 10.8. The largest absolute Gasteiger partial charge is 0.393 e. The summed E-state index contributed by atoms with van der Waals surface area (Å²) in [6.45, 7) is 17.7. The lowest BCUT2D eigenvalue weighted by molar-refractivity contribution is 0.0125. The number of aliphatic hydroxyl groups is 2. The lowest BCUT2D eigenvalue weighted by Crippen LogP contribution is -2.41. The Kier molecular flexibility index (Phi) is 4.75. The van der Waals surface area contributed by atoms with Crippen molar-refractivity contribution in [3.05, 3.63) is 120 Å². The third kappa shape index (κ3) is 3.19. The lowest BCUT2D eigenvalue weighted by atomic mass is 9.65. The van der Waals surface area contributed by atoms with E-state index in [1.165, 1.54) is 27.8 Å². The highest BCUT2D eigenvalue weighted by molar-refractivity contribution is 5.87. The van der Waals surface area contributed by atoms with Gasteiger partial charge in [0.05, 0.1) is 12.2 Å². The third-order valence-electron chi connectivity index (χ3n) is 8.94. The summed E-state index contributed by atoms with van der Waals surface area (Å²) in [5.74, 6) is 0. The maximum Gasteiger partial charge on any atom is 0.0576 e. The molecule has 2 nitrogen and oxygen atoms in total. The van der Waals surface area contributed by atoms with Crippen molar-refractivity contribution in [3.8, 4) is 33.4 Å². The van der Waals surface area contributed by atoms with Crippen molar-refractivity contribution >= 4 is 0 Å². The smallest absolute Gasteiger partial charge is 0.0576 e. The van der Waals surface area contributed by atoms with Crippen LogP contribution in [0, 0.1) is 27.7 Å². The number of aryl methyl sites for hydroxylation is 2. The molecule has 2 atom stereocenters. The highest BCUT2D eigenvalue weighted by Gasteiger charge is 2.48. The summed E-state index contributed by atoms with van der Waals surface area (Å²) in [7, 11) is 0. The summed E-state index contributed by atoms with van der Waals surface area (Å²) < 4.78 is 0. The molecule has 1 saturated carbocycles. The summed E-state index contributed by atoms with van der Waals surface area (Å²) in [5, 5.41) is 21.6. The molecule has 182 valence electrons. The topological polar surface area (TPSA) is 40.5 Å². The molecule has 0 heterocycles. The second-order valence-electron chi connectivity index (χ2n) is 11.5. The Morgan fingerprint density at radius 1 is 0.595 bits per heavy atom. The summed E-state index contributed by atoms with van der Waals surface area (Å²) in [6, 6.07) is 25.9. The first-order valence-electron chi connectivity index (χ1n) is 13.1. The molecule has 4 radical (unpaired) electrons. The molecule has 0 amide bonds. The van der Waals surface area contributed by atoms with Crippen LogP contribution in [0.2, 0.25) is 0 Å². The fourth-order valence-electron chi connectivity index (χ4n) is 7.28. The minimum atomic E-state index is -1.05. The summed E-state index contributed by atoms with van der Waals surface area (Å²) in [5.41, 5.74) is 11.9. The molecule has 4 aromatic carbocycles. The molecule has 3 aliphatic rings. The number of benzene rings is 4. The molecule has 2 heteroatoms. The molecule has 37 heavy (non-hydrogen) atoms. The van der Waals surface area contributed by atoms with E-state index in [-0.39, 0.29) is 0 Å². The molecule has 0 saturated heterocycles. The van der Waals surface area contributed by atoms with Gasteiger partial charge >= 0.3 is 0 Å². The van der Waals surface area contributed by atoms with E-state index in [4.69, 9.17) is 13.8 Å². The van der Waals surface area contributed by atoms with Crippen LogP contribution >= 0.6 is 0 Å². The van der Waals surface area contributed by atoms with Crippen molar-refractivity contribution in [2.45, 2.75) is 56.1 Å². The summed E-state index contributed by atoms with van der Waals surface area (Å²) in [4.78, 5) is 0. The maximum atomic E-state index is 10.8. The summed E-state index contributed by atoms with van der Waals surface area (Å²) in [6.07, 6.45) is 0.583. The van der Waals surface area contributed by atoms with Gasteiger partial charge in [-0.3, -0.25) is 0 Å². The SMILES string of the molecule is [CH]C1([CH])c2cc(C)ccc2-c2ccc(-c3ccc4c(c3)C3(CC(O)CC(O)C3)c3cc(C)ccc3-4)cc21. The molecule has 2 N–H and O–H groups in total. The van der Waals surface area contributed by atoms with Crippen molar-refractivity contribution in [2.24, 2.45) is 0 Å². The average molecular weight is 483 g/mol. The van der Waals surface area contributed by atoms with Crippen LogP contribution in [0.25, 0.3) is 33.4 Å². The van der Waals surface area contributed by atoms with Crippen molar-refractivity contribution < 1.29 is 10.2 Å². The molecule has 0 aliphatic heterocycles. The fourth-order valence-corrected chi connectivity index (χ4v) is 7.28. The van der Waals surface area contributed by atoms with Gasteiger partial charge in [-0.15, -0.1) is 0 Å². The Bertz CT molecular complexity index is 1580. The van der Waals surface area contributed by atoms with Crippen molar-refractivity contribution in [1.29, 1.82) is 0 Å². The van der Waals surface area contributed by atoms with Gasteiger partial charge in [-0.05, 0) is 115 Å². The molecule has 7 rings (SSSR count). The highest BCUT2D eigenvalue weighted by atomic mass is 16.3. The Hall–Kier alpha value is -3.20. The second kappa shape index (κ2) is 7.66. The molecule has 2 unspecified atom stereocenters. The van der Waals surface area contributed by atoms with E-state index in [2.05, 4.69) is 86.6 Å². The first kappa shape index (κ1) is 23.0. The Morgan fingerprint density at radius 3 is 1.57 bits per heavy atom. The van der Waals surface area contributed by atoms with Crippen molar-refractivity contribution in [1.82, 2.24) is 0 Å². The molecule has 1 fully saturated rings. The van der Waals surface area contributed by atoms with Crippen LogP contribution in [-0.2, 0) is 10.8 Å². The Labute approximate surface area is 219 Å². The number of hydrogen-bond donors (Lipinski definition) is 2. The van der Waals surface area contributed by atoms with E-state index in [0.717, 1.165) is 38.9 Å². The molecule has 0 aromatic heterocycles. The standard InChI is InChI=1S/C35H30O2/c1-20-5-9-26-27-11-7-22(15-31(27)34(3,4)30(26)13-20)23-8-12-29-28-10-6-21(2)14-32(28)35(33(29)16-23)18-24(36)17-25(37)19-35/h3-16,24-25,36-37H,17-19H2,1-2H3. The molecular weight excluding hydrogens is 452 g/mol. The minimum Gasteiger partial charge on any atom is -0.393 e. The van der Waals surface area contributed by atoms with Crippen LogP contribution < -0.4 is 0 Å². The first-order chi connectivity index (χ1) is 17.7. The predicted molar refractivity (Wildman–Crippen MR) is 148 cm³/mol. The van der Waals surface area contributed by atoms with E-state index >= 15 is 0 Å². The third-order valence-corrected chi connectivity index (χ3v) is 8.94. The molecular formula is C35H30O2. The van der Waals surface area contributed by atoms with Crippen LogP contribution in [0.15, 0.2) is 72.8 Å².